The summed E-state index contributed by atoms with van der Waals surface area (Å²) in [5.74, 6) is 0.738. The number of hydrogen-bond donors (Lipinski definition) is 3. The monoisotopic (exact) mass is 1230 g/mol. The van der Waals surface area contributed by atoms with E-state index in [9.17, 15) is 43.2 Å². The number of ether oxygens (including phenoxy) is 4. The molecule has 0 aromatic rings. The Morgan fingerprint density at radius 3 is 0.855 bits per heavy atom. The van der Waals surface area contributed by atoms with Crippen LogP contribution in [-0.2, 0) is 65.4 Å². The van der Waals surface area contributed by atoms with Crippen molar-refractivity contribution < 1.29 is 80.2 Å². The fourth-order valence-electron chi connectivity index (χ4n) is 9.40. The molecule has 83 heavy (non-hydrogen) atoms. The van der Waals surface area contributed by atoms with Crippen molar-refractivity contribution in [1.29, 1.82) is 0 Å². The lowest BCUT2D eigenvalue weighted by atomic mass is 10.00. The lowest BCUT2D eigenvalue weighted by Gasteiger charge is -2.21. The Bertz CT molecular complexity index is 1660. The largest absolute Gasteiger partial charge is 0.472 e. The molecule has 0 amide bonds. The molecule has 0 fully saturated rings. The van der Waals surface area contributed by atoms with Gasteiger partial charge in [-0.2, -0.15) is 0 Å². The average Bonchev–Trinajstić information content (AvgIpc) is 3.44. The zero-order chi connectivity index (χ0) is 61.8. The molecule has 0 aromatic heterocycles. The molecular weight excluding hydrogens is 1100 g/mol. The van der Waals surface area contributed by atoms with Crippen LogP contribution in [0.15, 0.2) is 0 Å². The van der Waals surface area contributed by atoms with Crippen molar-refractivity contribution in [1.82, 2.24) is 0 Å². The van der Waals surface area contributed by atoms with Gasteiger partial charge in [-0.1, -0.05) is 254 Å². The van der Waals surface area contributed by atoms with Gasteiger partial charge in [-0.25, -0.2) is 9.13 Å². The topological polar surface area (TPSA) is 237 Å². The molecular formula is C64H124O17P2. The standard InChI is InChI=1S/C64H124O17P2/c1-9-57(8)43-35-27-21-23-29-37-45-62(67)75-51-60(80-63(68)46-38-30-18-13-11-10-12-16-24-32-40-54(2)3)53-79-83(72,73)77-49-58(65)48-76-82(70,71)78-52-59(50-74-61(66)44-36-28-22-20-26-34-42-56(6)7)81-64(69)47-39-31-19-15-14-17-25-33-41-55(4)5/h54-60,65H,9-53H2,1-8H3,(H,70,71)(H,72,73)/t57?,58-,59-,60-/m1/s1. The molecule has 0 saturated carbocycles. The summed E-state index contributed by atoms with van der Waals surface area (Å²) < 4.78 is 68.0. The summed E-state index contributed by atoms with van der Waals surface area (Å²) in [6.07, 6.45) is 33.7. The van der Waals surface area contributed by atoms with Gasteiger partial charge in [0.25, 0.3) is 0 Å². The SMILES string of the molecule is CCC(C)CCCCCCCCC(=O)OC[C@H](COP(=O)(O)OC[C@H](O)COP(=O)(O)OC[C@@H](COC(=O)CCCCCCCCC(C)C)OC(=O)CCCCCCCCCCC(C)C)OC(=O)CCCCCCCCCCCCC(C)C. The molecule has 3 N–H and O–H groups in total. The summed E-state index contributed by atoms with van der Waals surface area (Å²) in [4.78, 5) is 72.2. The number of esters is 4. The zero-order valence-corrected chi connectivity index (χ0v) is 55.6. The quantitative estimate of drug-likeness (QED) is 0.0222. The molecule has 17 nitrogen and oxygen atoms in total. The van der Waals surface area contributed by atoms with Crippen LogP contribution in [0.2, 0.25) is 0 Å². The average molecular weight is 1230 g/mol. The second-order valence-electron chi connectivity index (χ2n) is 24.8. The summed E-state index contributed by atoms with van der Waals surface area (Å²) in [7, 11) is -9.89. The smallest absolute Gasteiger partial charge is 0.462 e. The van der Waals surface area contributed by atoms with E-state index in [0.717, 1.165) is 120 Å². The molecule has 0 aliphatic heterocycles. The highest BCUT2D eigenvalue weighted by Gasteiger charge is 2.30. The van der Waals surface area contributed by atoms with Crippen LogP contribution in [0.1, 0.15) is 306 Å². The third kappa shape index (κ3) is 57.6. The predicted octanol–water partition coefficient (Wildman–Crippen LogP) is 17.4. The van der Waals surface area contributed by atoms with Crippen LogP contribution in [0.25, 0.3) is 0 Å². The molecule has 492 valence electrons. The highest BCUT2D eigenvalue weighted by molar-refractivity contribution is 7.47. The van der Waals surface area contributed by atoms with Crippen LogP contribution in [0.4, 0.5) is 0 Å². The second-order valence-corrected chi connectivity index (χ2v) is 27.7. The fourth-order valence-corrected chi connectivity index (χ4v) is 11.0. The van der Waals surface area contributed by atoms with Gasteiger partial charge >= 0.3 is 39.5 Å². The third-order valence-corrected chi connectivity index (χ3v) is 16.8. The summed E-state index contributed by atoms with van der Waals surface area (Å²) in [6.45, 7) is 13.9. The Kier molecular flexibility index (Phi) is 53.0. The Morgan fingerprint density at radius 2 is 0.578 bits per heavy atom. The highest BCUT2D eigenvalue weighted by atomic mass is 31.2. The van der Waals surface area contributed by atoms with Crippen molar-refractivity contribution in [3.05, 3.63) is 0 Å². The van der Waals surface area contributed by atoms with E-state index in [2.05, 4.69) is 55.4 Å². The van der Waals surface area contributed by atoms with Crippen LogP contribution in [-0.4, -0.2) is 96.7 Å². The molecule has 0 saturated heterocycles. The third-order valence-electron chi connectivity index (χ3n) is 14.9. The normalized spacial score (nSPS) is 14.8. The molecule has 6 atom stereocenters. The van der Waals surface area contributed by atoms with Crippen molar-refractivity contribution in [3.63, 3.8) is 0 Å². The Hall–Kier alpha value is -1.94. The van der Waals surface area contributed by atoms with Gasteiger partial charge in [0.05, 0.1) is 26.4 Å². The van der Waals surface area contributed by atoms with Crippen LogP contribution in [0.5, 0.6) is 0 Å². The van der Waals surface area contributed by atoms with Gasteiger partial charge in [0, 0.05) is 25.7 Å². The van der Waals surface area contributed by atoms with Gasteiger partial charge in [0.15, 0.2) is 12.2 Å². The molecule has 0 bridgehead atoms. The number of carbonyl (C=O) groups is 4. The van der Waals surface area contributed by atoms with Gasteiger partial charge in [-0.05, 0) is 49.4 Å². The number of aliphatic hydroxyl groups excluding tert-OH is 1. The van der Waals surface area contributed by atoms with Crippen LogP contribution >= 0.6 is 15.6 Å². The lowest BCUT2D eigenvalue weighted by molar-refractivity contribution is -0.161. The van der Waals surface area contributed by atoms with Crippen molar-refractivity contribution in [2.45, 2.75) is 324 Å². The molecule has 0 aromatic carbocycles. The number of phosphoric acid groups is 2. The number of rotatable bonds is 61. The van der Waals surface area contributed by atoms with Crippen molar-refractivity contribution in [2.75, 3.05) is 39.6 Å². The van der Waals surface area contributed by atoms with Crippen molar-refractivity contribution >= 4 is 39.5 Å². The minimum atomic E-state index is -4.95. The van der Waals surface area contributed by atoms with E-state index in [1.54, 1.807) is 0 Å². The minimum Gasteiger partial charge on any atom is -0.462 e. The minimum absolute atomic E-state index is 0.103. The molecule has 0 heterocycles. The molecule has 0 radical (unpaired) electrons. The first-order chi connectivity index (χ1) is 39.6. The Morgan fingerprint density at radius 1 is 0.337 bits per heavy atom. The first-order valence-corrected chi connectivity index (χ1v) is 36.2. The fraction of sp³-hybridized carbons (Fsp3) is 0.938. The molecule has 0 aliphatic rings. The van der Waals surface area contributed by atoms with E-state index in [-0.39, 0.29) is 25.7 Å². The Balaban J connectivity index is 5.26. The lowest BCUT2D eigenvalue weighted by Crippen LogP contribution is -2.30. The summed E-state index contributed by atoms with van der Waals surface area (Å²) in [6, 6.07) is 0. The molecule has 0 spiro atoms. The Labute approximate surface area is 505 Å². The van der Waals surface area contributed by atoms with Gasteiger partial charge in [0.1, 0.15) is 19.3 Å². The van der Waals surface area contributed by atoms with Crippen molar-refractivity contribution in [3.8, 4) is 0 Å². The maximum atomic E-state index is 13.0. The van der Waals surface area contributed by atoms with E-state index in [1.165, 1.54) is 96.3 Å². The number of phosphoric ester groups is 2. The van der Waals surface area contributed by atoms with Crippen LogP contribution in [0, 0.1) is 23.7 Å². The first-order valence-electron chi connectivity index (χ1n) is 33.2. The van der Waals surface area contributed by atoms with E-state index in [1.807, 2.05) is 0 Å². The van der Waals surface area contributed by atoms with Crippen molar-refractivity contribution in [2.24, 2.45) is 23.7 Å². The number of carbonyl (C=O) groups excluding carboxylic acids is 4. The summed E-state index contributed by atoms with van der Waals surface area (Å²) >= 11 is 0. The van der Waals surface area contributed by atoms with E-state index in [4.69, 9.17) is 37.0 Å². The van der Waals surface area contributed by atoms with Crippen LogP contribution in [0.3, 0.4) is 0 Å². The van der Waals surface area contributed by atoms with E-state index >= 15 is 0 Å². The number of hydrogen-bond acceptors (Lipinski definition) is 15. The van der Waals surface area contributed by atoms with E-state index < -0.39 is 97.5 Å². The maximum absolute atomic E-state index is 13.0. The van der Waals surface area contributed by atoms with Gasteiger partial charge in [-0.15, -0.1) is 0 Å². The highest BCUT2D eigenvalue weighted by Crippen LogP contribution is 2.45. The second kappa shape index (κ2) is 54.2. The van der Waals surface area contributed by atoms with Gasteiger partial charge < -0.3 is 33.8 Å². The maximum Gasteiger partial charge on any atom is 0.472 e. The molecule has 0 rings (SSSR count). The molecule has 3 unspecified atom stereocenters. The predicted molar refractivity (Wildman–Crippen MR) is 331 cm³/mol. The van der Waals surface area contributed by atoms with Gasteiger partial charge in [0.2, 0.25) is 0 Å². The first kappa shape index (κ1) is 81.1. The summed E-state index contributed by atoms with van der Waals surface area (Å²) in [5, 5.41) is 10.5. The number of aliphatic hydroxyl groups is 1. The van der Waals surface area contributed by atoms with E-state index in [0.29, 0.717) is 31.6 Å². The number of unbranched alkanes of at least 4 members (excludes halogenated alkanes) is 26. The molecule has 19 heteroatoms. The van der Waals surface area contributed by atoms with Crippen LogP contribution < -0.4 is 0 Å². The summed E-state index contributed by atoms with van der Waals surface area (Å²) in [5.41, 5.74) is 0. The molecule has 0 aliphatic carbocycles. The zero-order valence-electron chi connectivity index (χ0n) is 53.8. The van der Waals surface area contributed by atoms with Gasteiger partial charge in [-0.3, -0.25) is 37.3 Å².